The van der Waals surface area contributed by atoms with E-state index in [1.165, 1.54) is 0 Å². The highest BCUT2D eigenvalue weighted by molar-refractivity contribution is 5.85. The van der Waals surface area contributed by atoms with E-state index in [1.54, 1.807) is 15.8 Å². The Morgan fingerprint density at radius 1 is 1.27 bits per heavy atom. The molecule has 0 saturated carbocycles. The lowest BCUT2D eigenvalue weighted by Gasteiger charge is -2.20. The first-order chi connectivity index (χ1) is 12.1. The molecule has 1 fully saturated rings. The number of benzene rings is 1. The van der Waals surface area contributed by atoms with Crippen LogP contribution in [0.4, 0.5) is 0 Å². The van der Waals surface area contributed by atoms with Gasteiger partial charge in [-0.2, -0.15) is 5.10 Å². The monoisotopic (exact) mass is 378 g/mol. The lowest BCUT2D eigenvalue weighted by Crippen LogP contribution is -2.43. The second-order valence-electron chi connectivity index (χ2n) is 6.20. The van der Waals surface area contributed by atoms with E-state index in [0.29, 0.717) is 25.9 Å². The largest absolute Gasteiger partial charge is 0.480 e. The first-order valence-corrected chi connectivity index (χ1v) is 8.46. The molecule has 0 unspecified atom stereocenters. The quantitative estimate of drug-likeness (QED) is 0.762. The number of hydrogen-bond donors (Lipinski definition) is 2. The number of aromatic nitrogens is 2. The summed E-state index contributed by atoms with van der Waals surface area (Å²) in [6.07, 6.45) is 5.85. The maximum Gasteiger partial charge on any atom is 0.320 e. The predicted molar refractivity (Wildman–Crippen MR) is 99.8 cm³/mol. The van der Waals surface area contributed by atoms with Crippen LogP contribution in [0, 0.1) is 0 Å². The van der Waals surface area contributed by atoms with Crippen LogP contribution >= 0.6 is 12.4 Å². The summed E-state index contributed by atoms with van der Waals surface area (Å²) in [4.78, 5) is 24.9. The van der Waals surface area contributed by atoms with Gasteiger partial charge in [-0.3, -0.25) is 14.5 Å². The van der Waals surface area contributed by atoms with Crippen molar-refractivity contribution in [3.05, 3.63) is 48.3 Å². The maximum atomic E-state index is 12.0. The zero-order valence-electron chi connectivity index (χ0n) is 14.4. The molecule has 1 amide bonds. The molecule has 1 aromatic carbocycles. The Labute approximate surface area is 158 Å². The molecule has 0 bridgehead atoms. The summed E-state index contributed by atoms with van der Waals surface area (Å²) in [5, 5.41) is 16.3. The fourth-order valence-corrected chi connectivity index (χ4v) is 3.09. The third kappa shape index (κ3) is 5.06. The molecule has 26 heavy (non-hydrogen) atoms. The maximum absolute atomic E-state index is 12.0. The number of carboxylic acids is 1. The van der Waals surface area contributed by atoms with E-state index < -0.39 is 12.0 Å². The Morgan fingerprint density at radius 3 is 2.77 bits per heavy atom. The minimum atomic E-state index is -0.848. The number of carbonyl (C=O) groups is 2. The Hall–Kier alpha value is -2.38. The summed E-state index contributed by atoms with van der Waals surface area (Å²) in [6.45, 7) is 1.30. The number of nitrogens with one attached hydrogen (secondary N) is 1. The van der Waals surface area contributed by atoms with E-state index in [4.69, 9.17) is 5.11 Å². The van der Waals surface area contributed by atoms with Gasteiger partial charge in [-0.05, 0) is 43.5 Å². The molecule has 2 aromatic rings. The Bertz CT molecular complexity index is 735. The first kappa shape index (κ1) is 19.9. The van der Waals surface area contributed by atoms with Crippen molar-refractivity contribution in [1.82, 2.24) is 20.0 Å². The molecule has 2 N–H and O–H groups in total. The van der Waals surface area contributed by atoms with Gasteiger partial charge in [-0.1, -0.05) is 18.2 Å². The molecule has 1 aromatic heterocycles. The van der Waals surface area contributed by atoms with E-state index in [2.05, 4.69) is 10.4 Å². The van der Waals surface area contributed by atoms with Crippen molar-refractivity contribution < 1.29 is 14.7 Å². The number of aliphatic carboxylic acids is 1. The lowest BCUT2D eigenvalue weighted by molar-refractivity contribution is -0.142. The highest BCUT2D eigenvalue weighted by Gasteiger charge is 2.31. The van der Waals surface area contributed by atoms with Gasteiger partial charge in [-0.15, -0.1) is 12.4 Å². The molecular weight excluding hydrogens is 356 g/mol. The number of likely N-dealkylation sites (tertiary alicyclic amines) is 1. The zero-order valence-corrected chi connectivity index (χ0v) is 15.2. The first-order valence-electron chi connectivity index (χ1n) is 8.46. The topological polar surface area (TPSA) is 87.5 Å². The number of carbonyl (C=O) groups excluding carboxylic acids is 1. The summed E-state index contributed by atoms with van der Waals surface area (Å²) in [5.74, 6) is -0.984. The summed E-state index contributed by atoms with van der Waals surface area (Å²) in [6, 6.07) is 9.30. The van der Waals surface area contributed by atoms with Crippen molar-refractivity contribution in [3.8, 4) is 5.69 Å². The zero-order chi connectivity index (χ0) is 17.6. The number of nitrogens with zero attached hydrogens (tertiary/aromatic N) is 3. The fourth-order valence-electron chi connectivity index (χ4n) is 3.09. The van der Waals surface area contributed by atoms with Gasteiger partial charge < -0.3 is 10.4 Å². The second kappa shape index (κ2) is 9.35. The number of halogens is 1. The van der Waals surface area contributed by atoms with Crippen molar-refractivity contribution in [2.75, 3.05) is 19.6 Å². The molecule has 0 spiro atoms. The van der Waals surface area contributed by atoms with E-state index in [1.807, 2.05) is 36.5 Å². The van der Waals surface area contributed by atoms with Crippen molar-refractivity contribution in [3.63, 3.8) is 0 Å². The molecule has 7 nitrogen and oxygen atoms in total. The van der Waals surface area contributed by atoms with Gasteiger partial charge in [0.05, 0.1) is 18.4 Å². The second-order valence-corrected chi connectivity index (χ2v) is 6.20. The van der Waals surface area contributed by atoms with Gasteiger partial charge in [-0.25, -0.2) is 4.68 Å². The Kier molecular flexibility index (Phi) is 7.17. The minimum Gasteiger partial charge on any atom is -0.480 e. The lowest BCUT2D eigenvalue weighted by atomic mass is 10.2. The number of hydrogen-bond acceptors (Lipinski definition) is 4. The molecule has 140 valence electrons. The van der Waals surface area contributed by atoms with Crippen LogP contribution in [0.3, 0.4) is 0 Å². The third-order valence-electron chi connectivity index (χ3n) is 4.39. The molecule has 1 aliphatic heterocycles. The van der Waals surface area contributed by atoms with Crippen molar-refractivity contribution in [2.45, 2.75) is 25.3 Å². The SMILES string of the molecule is Cl.O=C(CN1CCC[C@@H]1C(=O)O)NCCc1cnn(-c2ccccc2)c1. The van der Waals surface area contributed by atoms with Crippen LogP contribution in [0.2, 0.25) is 0 Å². The average molecular weight is 379 g/mol. The van der Waals surface area contributed by atoms with Crippen molar-refractivity contribution >= 4 is 24.3 Å². The molecule has 0 aliphatic carbocycles. The highest BCUT2D eigenvalue weighted by Crippen LogP contribution is 2.16. The van der Waals surface area contributed by atoms with E-state index >= 15 is 0 Å². The summed E-state index contributed by atoms with van der Waals surface area (Å²) in [5.41, 5.74) is 2.03. The van der Waals surface area contributed by atoms with Crippen molar-refractivity contribution in [2.24, 2.45) is 0 Å². The third-order valence-corrected chi connectivity index (χ3v) is 4.39. The van der Waals surface area contributed by atoms with Gasteiger partial charge in [0.25, 0.3) is 0 Å². The number of rotatable bonds is 7. The van der Waals surface area contributed by atoms with E-state index in [9.17, 15) is 9.59 Å². The summed E-state index contributed by atoms with van der Waals surface area (Å²) in [7, 11) is 0. The van der Waals surface area contributed by atoms with E-state index in [0.717, 1.165) is 17.7 Å². The molecule has 3 rings (SSSR count). The summed E-state index contributed by atoms with van der Waals surface area (Å²) >= 11 is 0. The summed E-state index contributed by atoms with van der Waals surface area (Å²) < 4.78 is 1.80. The molecular formula is C18H23ClN4O3. The van der Waals surface area contributed by atoms with Crippen LogP contribution in [0.15, 0.2) is 42.7 Å². The van der Waals surface area contributed by atoms with Crippen LogP contribution in [0.5, 0.6) is 0 Å². The van der Waals surface area contributed by atoms with Gasteiger partial charge >= 0.3 is 5.97 Å². The number of para-hydroxylation sites is 1. The molecule has 1 saturated heterocycles. The van der Waals surface area contributed by atoms with Crippen LogP contribution < -0.4 is 5.32 Å². The van der Waals surface area contributed by atoms with Gasteiger partial charge in [0.1, 0.15) is 6.04 Å². The molecule has 1 aliphatic rings. The van der Waals surface area contributed by atoms with Crippen LogP contribution in [-0.4, -0.2) is 57.3 Å². The molecule has 8 heteroatoms. The number of amides is 1. The van der Waals surface area contributed by atoms with Crippen LogP contribution in [0.25, 0.3) is 5.69 Å². The van der Waals surface area contributed by atoms with Crippen LogP contribution in [-0.2, 0) is 16.0 Å². The van der Waals surface area contributed by atoms with Gasteiger partial charge in [0.2, 0.25) is 5.91 Å². The molecule has 1 atom stereocenters. The Balaban J connectivity index is 0.00000243. The highest BCUT2D eigenvalue weighted by atomic mass is 35.5. The minimum absolute atomic E-state index is 0. The standard InChI is InChI=1S/C18H22N4O3.ClH/c23-17(13-21-10-4-7-16(21)18(24)25)19-9-8-14-11-20-22(12-14)15-5-2-1-3-6-15;/h1-3,5-6,11-12,16H,4,7-10,13H2,(H,19,23)(H,24,25);1H/t16-;/m1./s1. The van der Waals surface area contributed by atoms with Gasteiger partial charge in [0.15, 0.2) is 0 Å². The number of carboxylic acid groups (broad SMARTS) is 1. The van der Waals surface area contributed by atoms with Crippen molar-refractivity contribution in [1.29, 1.82) is 0 Å². The predicted octanol–water partition coefficient (Wildman–Crippen LogP) is 1.50. The smallest absolute Gasteiger partial charge is 0.320 e. The molecule has 0 radical (unpaired) electrons. The normalized spacial score (nSPS) is 16.8. The van der Waals surface area contributed by atoms with Gasteiger partial charge in [0, 0.05) is 12.7 Å². The Morgan fingerprint density at radius 2 is 2.04 bits per heavy atom. The van der Waals surface area contributed by atoms with Crippen LogP contribution in [0.1, 0.15) is 18.4 Å². The average Bonchev–Trinajstić information content (AvgIpc) is 3.25. The van der Waals surface area contributed by atoms with E-state index in [-0.39, 0.29) is 24.9 Å². The molecule has 2 heterocycles. The fraction of sp³-hybridized carbons (Fsp3) is 0.389.